The van der Waals surface area contributed by atoms with E-state index in [1.807, 2.05) is 12.1 Å². The molecule has 168 valence electrons. The van der Waals surface area contributed by atoms with Gasteiger partial charge in [-0.15, -0.1) is 0 Å². The van der Waals surface area contributed by atoms with Crippen LogP contribution in [-0.4, -0.2) is 60.2 Å². The summed E-state index contributed by atoms with van der Waals surface area (Å²) in [5.41, 5.74) is 0.472. The lowest BCUT2D eigenvalue weighted by molar-refractivity contribution is -0.385. The van der Waals surface area contributed by atoms with Crippen molar-refractivity contribution in [2.45, 2.75) is 6.54 Å². The normalized spacial score (nSPS) is 14.2. The van der Waals surface area contributed by atoms with Gasteiger partial charge in [0.2, 0.25) is 5.95 Å². The Labute approximate surface area is 184 Å². The first-order chi connectivity index (χ1) is 15.6. The number of methoxy groups -OCH3 is 2. The van der Waals surface area contributed by atoms with Crippen molar-refractivity contribution in [3.8, 4) is 11.5 Å². The van der Waals surface area contributed by atoms with E-state index < -0.39 is 4.92 Å². The number of rotatable bonds is 8. The Morgan fingerprint density at radius 1 is 1.16 bits per heavy atom. The molecule has 3 aromatic rings. The standard InChI is InChI=1S/C21H24N6O5/c1-30-18-12-15(5-6-17(18)27(28)29)23-20-19(31-2)13-22-21(24-20)26-9-7-25(8-10-26)14-16-4-3-11-32-16/h3-6,11-13H,7-10,14H2,1-2H3,(H,22,23,24). The van der Waals surface area contributed by atoms with Gasteiger partial charge in [-0.1, -0.05) is 0 Å². The second-order valence-corrected chi connectivity index (χ2v) is 7.20. The molecule has 0 amide bonds. The van der Waals surface area contributed by atoms with Crippen LogP contribution in [0.25, 0.3) is 0 Å². The molecule has 0 bridgehead atoms. The van der Waals surface area contributed by atoms with E-state index in [4.69, 9.17) is 13.9 Å². The lowest BCUT2D eigenvalue weighted by Gasteiger charge is -2.34. The molecule has 1 N–H and O–H groups in total. The summed E-state index contributed by atoms with van der Waals surface area (Å²) in [6.45, 7) is 4.05. The minimum atomic E-state index is -0.489. The van der Waals surface area contributed by atoms with Gasteiger partial charge >= 0.3 is 5.69 Å². The fourth-order valence-electron chi connectivity index (χ4n) is 3.52. The number of hydrogen-bond acceptors (Lipinski definition) is 10. The van der Waals surface area contributed by atoms with Crippen molar-refractivity contribution in [2.75, 3.05) is 50.6 Å². The molecule has 32 heavy (non-hydrogen) atoms. The van der Waals surface area contributed by atoms with Gasteiger partial charge < -0.3 is 24.1 Å². The molecule has 1 aromatic carbocycles. The number of nitrogens with zero attached hydrogens (tertiary/aromatic N) is 5. The third-order valence-electron chi connectivity index (χ3n) is 5.22. The highest BCUT2D eigenvalue weighted by atomic mass is 16.6. The Morgan fingerprint density at radius 3 is 2.59 bits per heavy atom. The SMILES string of the molecule is COc1cc(Nc2nc(N3CCN(Cc4ccco4)CC3)ncc2OC)ccc1[N+](=O)[O-]. The van der Waals surface area contributed by atoms with Gasteiger partial charge in [-0.25, -0.2) is 4.98 Å². The predicted molar refractivity (Wildman–Crippen MR) is 118 cm³/mol. The van der Waals surface area contributed by atoms with Gasteiger partial charge in [-0.05, 0) is 18.2 Å². The lowest BCUT2D eigenvalue weighted by Crippen LogP contribution is -2.46. The second kappa shape index (κ2) is 9.52. The first-order valence-electron chi connectivity index (χ1n) is 10.1. The Balaban J connectivity index is 1.48. The highest BCUT2D eigenvalue weighted by Gasteiger charge is 2.21. The molecule has 0 unspecified atom stereocenters. The minimum Gasteiger partial charge on any atom is -0.491 e. The van der Waals surface area contributed by atoms with Gasteiger partial charge in [0.25, 0.3) is 0 Å². The smallest absolute Gasteiger partial charge is 0.311 e. The molecule has 0 radical (unpaired) electrons. The van der Waals surface area contributed by atoms with E-state index in [0.717, 1.165) is 38.5 Å². The van der Waals surface area contributed by atoms with Crippen molar-refractivity contribution in [3.63, 3.8) is 0 Å². The molecule has 1 aliphatic rings. The van der Waals surface area contributed by atoms with Crippen LogP contribution < -0.4 is 19.7 Å². The quantitative estimate of drug-likeness (QED) is 0.413. The van der Waals surface area contributed by atoms with Crippen molar-refractivity contribution in [1.29, 1.82) is 0 Å². The summed E-state index contributed by atoms with van der Waals surface area (Å²) in [4.78, 5) is 24.2. The lowest BCUT2D eigenvalue weighted by atomic mass is 10.2. The van der Waals surface area contributed by atoms with Crippen LogP contribution in [0.4, 0.5) is 23.1 Å². The Morgan fingerprint density at radius 2 is 1.94 bits per heavy atom. The van der Waals surface area contributed by atoms with E-state index in [0.29, 0.717) is 23.2 Å². The highest BCUT2D eigenvalue weighted by molar-refractivity contribution is 5.67. The van der Waals surface area contributed by atoms with Gasteiger partial charge in [0.15, 0.2) is 17.3 Å². The first-order valence-corrected chi connectivity index (χ1v) is 10.1. The number of anilines is 3. The average Bonchev–Trinajstić information content (AvgIpc) is 3.32. The zero-order valence-electron chi connectivity index (χ0n) is 17.9. The summed E-state index contributed by atoms with van der Waals surface area (Å²) < 4.78 is 16.0. The predicted octanol–water partition coefficient (Wildman–Crippen LogP) is 3.06. The summed E-state index contributed by atoms with van der Waals surface area (Å²) in [6, 6.07) is 8.39. The van der Waals surface area contributed by atoms with Crippen molar-refractivity contribution < 1.29 is 18.8 Å². The Hall–Kier alpha value is -3.86. The number of piperazine rings is 1. The maximum atomic E-state index is 11.1. The molecule has 0 spiro atoms. The Kier molecular flexibility index (Phi) is 6.36. The largest absolute Gasteiger partial charge is 0.491 e. The van der Waals surface area contributed by atoms with Gasteiger partial charge in [0, 0.05) is 44.0 Å². The van der Waals surface area contributed by atoms with Gasteiger partial charge in [0.05, 0.1) is 38.1 Å². The molecule has 11 heteroatoms. The minimum absolute atomic E-state index is 0.110. The van der Waals surface area contributed by atoms with E-state index in [2.05, 4.69) is 25.1 Å². The molecule has 1 fully saturated rings. The van der Waals surface area contributed by atoms with Crippen molar-refractivity contribution in [1.82, 2.24) is 14.9 Å². The van der Waals surface area contributed by atoms with Gasteiger partial charge in [-0.3, -0.25) is 15.0 Å². The van der Waals surface area contributed by atoms with Crippen LogP contribution in [0.15, 0.2) is 47.2 Å². The number of nitro benzene ring substituents is 1. The van der Waals surface area contributed by atoms with Crippen molar-refractivity contribution >= 4 is 23.1 Å². The van der Waals surface area contributed by atoms with Crippen LogP contribution in [0.3, 0.4) is 0 Å². The monoisotopic (exact) mass is 440 g/mol. The third-order valence-corrected chi connectivity index (χ3v) is 5.22. The summed E-state index contributed by atoms with van der Waals surface area (Å²) in [5, 5.41) is 14.3. The van der Waals surface area contributed by atoms with Crippen molar-refractivity contribution in [2.24, 2.45) is 0 Å². The van der Waals surface area contributed by atoms with E-state index in [-0.39, 0.29) is 11.4 Å². The van der Waals surface area contributed by atoms with Crippen molar-refractivity contribution in [3.05, 3.63) is 58.7 Å². The van der Waals surface area contributed by atoms with Gasteiger partial charge in [0.1, 0.15) is 5.76 Å². The first kappa shape index (κ1) is 21.4. The third kappa shape index (κ3) is 4.72. The maximum absolute atomic E-state index is 11.1. The fourth-order valence-corrected chi connectivity index (χ4v) is 3.52. The number of ether oxygens (including phenoxy) is 2. The number of nitrogens with one attached hydrogen (secondary N) is 1. The zero-order valence-corrected chi connectivity index (χ0v) is 17.9. The van der Waals surface area contributed by atoms with Crippen LogP contribution in [0.5, 0.6) is 11.5 Å². The molecule has 3 heterocycles. The fraction of sp³-hybridized carbons (Fsp3) is 0.333. The van der Waals surface area contributed by atoms with E-state index in [9.17, 15) is 10.1 Å². The number of hydrogen-bond donors (Lipinski definition) is 1. The van der Waals surface area contributed by atoms with Crippen LogP contribution in [0.2, 0.25) is 0 Å². The summed E-state index contributed by atoms with van der Waals surface area (Å²) in [6.07, 6.45) is 3.30. The molecule has 11 nitrogen and oxygen atoms in total. The van der Waals surface area contributed by atoms with E-state index >= 15 is 0 Å². The molecular weight excluding hydrogens is 416 g/mol. The Bertz CT molecular complexity index is 1070. The molecule has 0 atom stereocenters. The maximum Gasteiger partial charge on any atom is 0.311 e. The molecule has 4 rings (SSSR count). The molecule has 0 saturated carbocycles. The van der Waals surface area contributed by atoms with Crippen LogP contribution >= 0.6 is 0 Å². The number of aromatic nitrogens is 2. The highest BCUT2D eigenvalue weighted by Crippen LogP contribution is 2.33. The summed E-state index contributed by atoms with van der Waals surface area (Å²) in [7, 11) is 2.92. The number of furan rings is 1. The molecular formula is C21H24N6O5. The van der Waals surface area contributed by atoms with Crippen LogP contribution in [0, 0.1) is 10.1 Å². The number of nitro groups is 1. The van der Waals surface area contributed by atoms with Crippen LogP contribution in [0.1, 0.15) is 5.76 Å². The van der Waals surface area contributed by atoms with E-state index in [1.54, 1.807) is 24.6 Å². The summed E-state index contributed by atoms with van der Waals surface area (Å²) >= 11 is 0. The molecule has 2 aromatic heterocycles. The zero-order chi connectivity index (χ0) is 22.5. The number of benzene rings is 1. The second-order valence-electron chi connectivity index (χ2n) is 7.20. The molecule has 1 saturated heterocycles. The average molecular weight is 440 g/mol. The topological polar surface area (TPSA) is 119 Å². The van der Waals surface area contributed by atoms with Crippen LogP contribution in [-0.2, 0) is 6.54 Å². The van der Waals surface area contributed by atoms with Gasteiger partial charge in [-0.2, -0.15) is 4.98 Å². The summed E-state index contributed by atoms with van der Waals surface area (Å²) in [5.74, 6) is 2.61. The molecule has 0 aliphatic carbocycles. The molecule has 1 aliphatic heterocycles. The van der Waals surface area contributed by atoms with E-state index in [1.165, 1.54) is 20.3 Å².